The second kappa shape index (κ2) is 4.59. The van der Waals surface area contributed by atoms with Crippen LogP contribution in [0.25, 0.3) is 0 Å². The molecule has 1 amide bonds. The topological polar surface area (TPSA) is 53.5 Å². The highest BCUT2D eigenvalue weighted by molar-refractivity contribution is 6.02. The lowest BCUT2D eigenvalue weighted by molar-refractivity contribution is -0.117. The highest BCUT2D eigenvalue weighted by Crippen LogP contribution is 1.98. The number of carbonyl (C=O) groups is 1. The molecule has 0 fully saturated rings. The number of nitrogens with zero attached hydrogens (tertiary/aromatic N) is 1. The van der Waals surface area contributed by atoms with Gasteiger partial charge in [-0.25, -0.2) is 4.99 Å². The van der Waals surface area contributed by atoms with Crippen LogP contribution in [-0.4, -0.2) is 25.0 Å². The number of benzene rings is 1. The van der Waals surface area contributed by atoms with Crippen molar-refractivity contribution in [3.05, 3.63) is 35.9 Å². The summed E-state index contributed by atoms with van der Waals surface area (Å²) in [6.45, 7) is 1.02. The Morgan fingerprint density at radius 2 is 2.13 bits per heavy atom. The Morgan fingerprint density at radius 1 is 1.33 bits per heavy atom. The Balaban J connectivity index is 1.74. The van der Waals surface area contributed by atoms with E-state index in [-0.39, 0.29) is 12.5 Å². The van der Waals surface area contributed by atoms with E-state index in [1.807, 2.05) is 18.2 Å². The van der Waals surface area contributed by atoms with Gasteiger partial charge in [-0.1, -0.05) is 30.3 Å². The van der Waals surface area contributed by atoms with Crippen LogP contribution in [0.15, 0.2) is 35.3 Å². The van der Waals surface area contributed by atoms with Crippen LogP contribution in [0.3, 0.4) is 0 Å². The van der Waals surface area contributed by atoms with Crippen LogP contribution in [0, 0.1) is 0 Å². The molecule has 4 heteroatoms. The van der Waals surface area contributed by atoms with Crippen LogP contribution in [0.1, 0.15) is 5.56 Å². The van der Waals surface area contributed by atoms with Gasteiger partial charge >= 0.3 is 0 Å². The molecule has 0 unspecified atom stereocenters. The van der Waals surface area contributed by atoms with Gasteiger partial charge < -0.3 is 5.32 Å². The number of hydrogen-bond acceptors (Lipinski definition) is 3. The zero-order valence-corrected chi connectivity index (χ0v) is 8.36. The summed E-state index contributed by atoms with van der Waals surface area (Å²) in [7, 11) is 0. The van der Waals surface area contributed by atoms with Gasteiger partial charge in [-0.3, -0.25) is 10.1 Å². The molecule has 4 nitrogen and oxygen atoms in total. The quantitative estimate of drug-likeness (QED) is 0.742. The standard InChI is InChI=1S/C11H13N3O/c15-10-8-13-11(14-10)12-7-6-9-4-2-1-3-5-9/h1-5H,6-8H2,(H2,12,13,14,15). The summed E-state index contributed by atoms with van der Waals surface area (Å²) in [6, 6.07) is 10.2. The molecule has 1 aromatic carbocycles. The third-order valence-corrected chi connectivity index (χ3v) is 2.19. The summed E-state index contributed by atoms with van der Waals surface area (Å²) in [6.07, 6.45) is 0.926. The Kier molecular flexibility index (Phi) is 2.97. The molecule has 1 aromatic rings. The van der Waals surface area contributed by atoms with Crippen LogP contribution in [0.5, 0.6) is 0 Å². The molecule has 0 radical (unpaired) electrons. The summed E-state index contributed by atoms with van der Waals surface area (Å²) < 4.78 is 0. The summed E-state index contributed by atoms with van der Waals surface area (Å²) >= 11 is 0. The average Bonchev–Trinajstić information content (AvgIpc) is 2.66. The number of amides is 1. The van der Waals surface area contributed by atoms with Crippen molar-refractivity contribution in [2.75, 3.05) is 13.1 Å². The number of carbonyl (C=O) groups excluding carboxylic acids is 1. The maximum atomic E-state index is 10.8. The van der Waals surface area contributed by atoms with Crippen molar-refractivity contribution in [3.63, 3.8) is 0 Å². The van der Waals surface area contributed by atoms with Crippen LogP contribution in [0.4, 0.5) is 0 Å². The first kappa shape index (κ1) is 9.71. The van der Waals surface area contributed by atoms with Gasteiger partial charge in [0.2, 0.25) is 5.91 Å². The minimum absolute atomic E-state index is 0.0442. The van der Waals surface area contributed by atoms with E-state index in [9.17, 15) is 4.79 Å². The number of nitrogens with one attached hydrogen (secondary N) is 2. The second-order valence-corrected chi connectivity index (χ2v) is 3.38. The zero-order valence-electron chi connectivity index (χ0n) is 8.36. The molecule has 1 aliphatic rings. The monoisotopic (exact) mass is 203 g/mol. The van der Waals surface area contributed by atoms with E-state index < -0.39 is 0 Å². The van der Waals surface area contributed by atoms with E-state index in [1.165, 1.54) is 5.56 Å². The van der Waals surface area contributed by atoms with Crippen LogP contribution in [-0.2, 0) is 11.2 Å². The number of aliphatic imine (C=N–C) groups is 1. The number of hydrogen-bond donors (Lipinski definition) is 2. The molecule has 0 saturated carbocycles. The Hall–Kier alpha value is -1.84. The smallest absolute Gasteiger partial charge is 0.248 e. The molecule has 1 aliphatic heterocycles. The predicted octanol–water partition coefficient (Wildman–Crippen LogP) is 0.304. The molecule has 0 saturated heterocycles. The summed E-state index contributed by atoms with van der Waals surface area (Å²) in [4.78, 5) is 14.8. The summed E-state index contributed by atoms with van der Waals surface area (Å²) in [5, 5.41) is 5.72. The van der Waals surface area contributed by atoms with Crippen molar-refractivity contribution in [1.82, 2.24) is 10.6 Å². The highest BCUT2D eigenvalue weighted by atomic mass is 16.2. The maximum absolute atomic E-state index is 10.8. The molecular weight excluding hydrogens is 190 g/mol. The van der Waals surface area contributed by atoms with Crippen molar-refractivity contribution >= 4 is 11.9 Å². The van der Waals surface area contributed by atoms with E-state index in [4.69, 9.17) is 0 Å². The number of rotatable bonds is 3. The molecule has 0 atom stereocenters. The van der Waals surface area contributed by atoms with Gasteiger partial charge in [0, 0.05) is 6.54 Å². The third-order valence-electron chi connectivity index (χ3n) is 2.19. The summed E-state index contributed by atoms with van der Waals surface area (Å²) in [5.41, 5.74) is 1.27. The van der Waals surface area contributed by atoms with E-state index in [0.29, 0.717) is 5.96 Å². The molecule has 1 heterocycles. The fourth-order valence-electron chi connectivity index (χ4n) is 1.43. The first-order valence-electron chi connectivity index (χ1n) is 4.97. The minimum atomic E-state index is -0.0442. The van der Waals surface area contributed by atoms with Gasteiger partial charge in [-0.05, 0) is 12.0 Å². The van der Waals surface area contributed by atoms with Gasteiger partial charge in [0.15, 0.2) is 5.96 Å². The maximum Gasteiger partial charge on any atom is 0.248 e. The van der Waals surface area contributed by atoms with Crippen LogP contribution in [0.2, 0.25) is 0 Å². The highest BCUT2D eigenvalue weighted by Gasteiger charge is 2.11. The van der Waals surface area contributed by atoms with Crippen LogP contribution >= 0.6 is 0 Å². The molecule has 0 spiro atoms. The van der Waals surface area contributed by atoms with Gasteiger partial charge in [0.25, 0.3) is 0 Å². The van der Waals surface area contributed by atoms with Crippen molar-refractivity contribution < 1.29 is 4.79 Å². The molecule has 78 valence electrons. The van der Waals surface area contributed by atoms with Crippen LogP contribution < -0.4 is 10.6 Å². The van der Waals surface area contributed by atoms with Gasteiger partial charge in [-0.15, -0.1) is 0 Å². The third kappa shape index (κ3) is 2.80. The molecule has 2 rings (SSSR count). The lowest BCUT2D eigenvalue weighted by atomic mass is 10.1. The van der Waals surface area contributed by atoms with Crippen molar-refractivity contribution in [3.8, 4) is 0 Å². The SMILES string of the molecule is O=C1CN=C(NCCc2ccccc2)N1. The van der Waals surface area contributed by atoms with Gasteiger partial charge in [0.05, 0.1) is 0 Å². The lowest BCUT2D eigenvalue weighted by Gasteiger charge is -2.05. The largest absolute Gasteiger partial charge is 0.356 e. The Labute approximate surface area is 88.4 Å². The van der Waals surface area contributed by atoms with Crippen molar-refractivity contribution in [2.45, 2.75) is 6.42 Å². The first-order valence-corrected chi connectivity index (χ1v) is 4.97. The molecule has 0 aliphatic carbocycles. The van der Waals surface area contributed by atoms with Crippen molar-refractivity contribution in [1.29, 1.82) is 0 Å². The lowest BCUT2D eigenvalue weighted by Crippen LogP contribution is -2.37. The molecular formula is C11H13N3O. The fourth-order valence-corrected chi connectivity index (χ4v) is 1.43. The van der Waals surface area contributed by atoms with Gasteiger partial charge in [0.1, 0.15) is 6.54 Å². The Morgan fingerprint density at radius 3 is 2.80 bits per heavy atom. The molecule has 0 bridgehead atoms. The Bertz CT molecular complexity index is 373. The first-order chi connectivity index (χ1) is 7.34. The molecule has 0 aromatic heterocycles. The molecule has 2 N–H and O–H groups in total. The van der Waals surface area contributed by atoms with E-state index in [1.54, 1.807) is 0 Å². The fraction of sp³-hybridized carbons (Fsp3) is 0.273. The normalized spacial score (nSPS) is 14.7. The average molecular weight is 203 g/mol. The second-order valence-electron chi connectivity index (χ2n) is 3.38. The predicted molar refractivity (Wildman–Crippen MR) is 58.6 cm³/mol. The minimum Gasteiger partial charge on any atom is -0.356 e. The number of guanidine groups is 1. The van der Waals surface area contributed by atoms with E-state index in [2.05, 4.69) is 27.8 Å². The molecule has 15 heavy (non-hydrogen) atoms. The van der Waals surface area contributed by atoms with E-state index in [0.717, 1.165) is 13.0 Å². The van der Waals surface area contributed by atoms with Crippen molar-refractivity contribution in [2.24, 2.45) is 4.99 Å². The zero-order chi connectivity index (χ0) is 10.5. The van der Waals surface area contributed by atoms with Gasteiger partial charge in [-0.2, -0.15) is 0 Å². The summed E-state index contributed by atoms with van der Waals surface area (Å²) in [5.74, 6) is 0.549. The van der Waals surface area contributed by atoms with E-state index >= 15 is 0 Å².